The molecule has 0 aliphatic carbocycles. The van der Waals surface area contributed by atoms with E-state index in [1.165, 1.54) is 0 Å². The minimum absolute atomic E-state index is 0.277. The average molecular weight is 328 g/mol. The van der Waals surface area contributed by atoms with Crippen LogP contribution in [0.1, 0.15) is 31.2 Å². The van der Waals surface area contributed by atoms with Gasteiger partial charge in [-0.15, -0.1) is 0 Å². The Morgan fingerprint density at radius 3 is 2.57 bits per heavy atom. The number of carbonyl (C=O) groups is 2. The molecule has 1 fully saturated rings. The first kappa shape index (κ1) is 17.3. The predicted molar refractivity (Wildman–Crippen MR) is 80.0 cm³/mol. The van der Waals surface area contributed by atoms with Crippen molar-refractivity contribution in [3.63, 3.8) is 0 Å². The van der Waals surface area contributed by atoms with Crippen LogP contribution < -0.4 is 10.2 Å². The standard InChI is InChI=1S/C16H19F3N2O2/c1-11-4-6-12(7-5-11)21-10-2-3-13(15(21)23)20-14(22)8-9-16(17,18)19/h4-7,13H,2-3,8-10H2,1H3,(H,20,22). The highest BCUT2D eigenvalue weighted by molar-refractivity contribution is 5.99. The largest absolute Gasteiger partial charge is 0.389 e. The fourth-order valence-electron chi connectivity index (χ4n) is 2.51. The second-order valence-electron chi connectivity index (χ2n) is 5.70. The van der Waals surface area contributed by atoms with Gasteiger partial charge in [0.1, 0.15) is 6.04 Å². The van der Waals surface area contributed by atoms with Crippen molar-refractivity contribution in [1.29, 1.82) is 0 Å². The molecule has 1 aliphatic rings. The first-order valence-electron chi connectivity index (χ1n) is 7.50. The number of amides is 2. The average Bonchev–Trinajstić information content (AvgIpc) is 2.48. The summed E-state index contributed by atoms with van der Waals surface area (Å²) in [5.74, 6) is -1.02. The van der Waals surface area contributed by atoms with Crippen molar-refractivity contribution in [2.45, 2.75) is 44.8 Å². The number of hydrogen-bond donors (Lipinski definition) is 1. The lowest BCUT2D eigenvalue weighted by atomic mass is 10.0. The van der Waals surface area contributed by atoms with E-state index in [0.717, 1.165) is 11.3 Å². The summed E-state index contributed by atoms with van der Waals surface area (Å²) in [5.41, 5.74) is 1.80. The molecule has 1 atom stereocenters. The molecule has 0 bridgehead atoms. The maximum Gasteiger partial charge on any atom is 0.389 e. The van der Waals surface area contributed by atoms with Gasteiger partial charge in [0.2, 0.25) is 11.8 Å². The number of nitrogens with zero attached hydrogens (tertiary/aromatic N) is 1. The Labute approximate surface area is 132 Å². The number of carbonyl (C=O) groups excluding carboxylic acids is 2. The molecule has 126 valence electrons. The first-order chi connectivity index (χ1) is 10.8. The van der Waals surface area contributed by atoms with Crippen molar-refractivity contribution >= 4 is 17.5 Å². The Kier molecular flexibility index (Phi) is 5.28. The molecule has 1 aromatic rings. The van der Waals surface area contributed by atoms with E-state index in [1.807, 2.05) is 31.2 Å². The summed E-state index contributed by atoms with van der Waals surface area (Å²) in [7, 11) is 0. The molecular weight excluding hydrogens is 309 g/mol. The zero-order valence-corrected chi connectivity index (χ0v) is 12.8. The minimum atomic E-state index is -4.37. The second-order valence-corrected chi connectivity index (χ2v) is 5.70. The molecule has 0 radical (unpaired) electrons. The van der Waals surface area contributed by atoms with E-state index >= 15 is 0 Å². The van der Waals surface area contributed by atoms with E-state index in [2.05, 4.69) is 5.32 Å². The number of halogens is 3. The van der Waals surface area contributed by atoms with Gasteiger partial charge in [-0.3, -0.25) is 9.59 Å². The van der Waals surface area contributed by atoms with Gasteiger partial charge in [-0.05, 0) is 31.9 Å². The van der Waals surface area contributed by atoms with Crippen molar-refractivity contribution in [1.82, 2.24) is 5.32 Å². The predicted octanol–water partition coefficient (Wildman–Crippen LogP) is 2.95. The van der Waals surface area contributed by atoms with Gasteiger partial charge in [-0.2, -0.15) is 13.2 Å². The van der Waals surface area contributed by atoms with Crippen LogP contribution in [0.25, 0.3) is 0 Å². The Morgan fingerprint density at radius 1 is 1.30 bits per heavy atom. The quantitative estimate of drug-likeness (QED) is 0.924. The van der Waals surface area contributed by atoms with Gasteiger partial charge in [0.25, 0.3) is 0 Å². The van der Waals surface area contributed by atoms with Crippen LogP contribution in [0, 0.1) is 6.92 Å². The van der Waals surface area contributed by atoms with Crippen molar-refractivity contribution in [3.8, 4) is 0 Å². The number of benzene rings is 1. The molecule has 1 saturated heterocycles. The van der Waals surface area contributed by atoms with Gasteiger partial charge >= 0.3 is 6.18 Å². The number of aryl methyl sites for hydroxylation is 1. The molecule has 1 unspecified atom stereocenters. The maximum absolute atomic E-state index is 12.4. The monoisotopic (exact) mass is 328 g/mol. The smallest absolute Gasteiger partial charge is 0.344 e. The Hall–Kier alpha value is -2.05. The molecule has 7 heteroatoms. The number of nitrogens with one attached hydrogen (secondary N) is 1. The Bertz CT molecular complexity index is 570. The van der Waals surface area contributed by atoms with Crippen LogP contribution in [0.2, 0.25) is 0 Å². The molecule has 4 nitrogen and oxygen atoms in total. The SMILES string of the molecule is Cc1ccc(N2CCCC(NC(=O)CCC(F)(F)F)C2=O)cc1. The van der Waals surface area contributed by atoms with Crippen LogP contribution in [0.15, 0.2) is 24.3 Å². The number of hydrogen-bond acceptors (Lipinski definition) is 2. The third kappa shape index (κ3) is 4.97. The van der Waals surface area contributed by atoms with Crippen molar-refractivity contribution in [3.05, 3.63) is 29.8 Å². The molecule has 2 rings (SSSR count). The van der Waals surface area contributed by atoms with E-state index in [4.69, 9.17) is 0 Å². The summed E-state index contributed by atoms with van der Waals surface area (Å²) in [4.78, 5) is 25.6. The van der Waals surface area contributed by atoms with Crippen LogP contribution >= 0.6 is 0 Å². The highest BCUT2D eigenvalue weighted by atomic mass is 19.4. The van der Waals surface area contributed by atoms with E-state index in [9.17, 15) is 22.8 Å². The van der Waals surface area contributed by atoms with Crippen LogP contribution in [0.4, 0.5) is 18.9 Å². The van der Waals surface area contributed by atoms with Gasteiger partial charge in [0.05, 0.1) is 6.42 Å². The highest BCUT2D eigenvalue weighted by Crippen LogP contribution is 2.23. The van der Waals surface area contributed by atoms with Crippen LogP contribution in [-0.4, -0.2) is 30.6 Å². The van der Waals surface area contributed by atoms with Crippen LogP contribution in [0.5, 0.6) is 0 Å². The summed E-state index contributed by atoms with van der Waals surface area (Å²) >= 11 is 0. The minimum Gasteiger partial charge on any atom is -0.344 e. The van der Waals surface area contributed by atoms with Gasteiger partial charge < -0.3 is 10.2 Å². The summed E-state index contributed by atoms with van der Waals surface area (Å²) in [6, 6.07) is 6.65. The summed E-state index contributed by atoms with van der Waals surface area (Å²) in [6.45, 7) is 2.47. The molecule has 1 N–H and O–H groups in total. The van der Waals surface area contributed by atoms with Crippen molar-refractivity contribution in [2.75, 3.05) is 11.4 Å². The second kappa shape index (κ2) is 7.02. The maximum atomic E-state index is 12.4. The van der Waals surface area contributed by atoms with Gasteiger partial charge in [0.15, 0.2) is 0 Å². The first-order valence-corrected chi connectivity index (χ1v) is 7.50. The number of alkyl halides is 3. The summed E-state index contributed by atoms with van der Waals surface area (Å²) in [5, 5.41) is 2.42. The summed E-state index contributed by atoms with van der Waals surface area (Å²) in [6.07, 6.45) is -5.08. The topological polar surface area (TPSA) is 49.4 Å². The molecular formula is C16H19F3N2O2. The van der Waals surface area contributed by atoms with E-state index in [1.54, 1.807) is 4.90 Å². The van der Waals surface area contributed by atoms with Crippen molar-refractivity contribution < 1.29 is 22.8 Å². The molecule has 23 heavy (non-hydrogen) atoms. The molecule has 0 spiro atoms. The fraction of sp³-hybridized carbons (Fsp3) is 0.500. The molecule has 0 aromatic heterocycles. The molecule has 1 heterocycles. The zero-order valence-electron chi connectivity index (χ0n) is 12.8. The van der Waals surface area contributed by atoms with E-state index < -0.39 is 31.0 Å². The molecule has 1 aliphatic heterocycles. The van der Waals surface area contributed by atoms with Crippen molar-refractivity contribution in [2.24, 2.45) is 0 Å². The number of rotatable bonds is 4. The molecule has 0 saturated carbocycles. The Morgan fingerprint density at radius 2 is 1.96 bits per heavy atom. The zero-order chi connectivity index (χ0) is 17.0. The lowest BCUT2D eigenvalue weighted by Gasteiger charge is -2.32. The van der Waals surface area contributed by atoms with Crippen LogP contribution in [-0.2, 0) is 9.59 Å². The number of piperidine rings is 1. The van der Waals surface area contributed by atoms with Gasteiger partial charge in [-0.25, -0.2) is 0 Å². The summed E-state index contributed by atoms with van der Waals surface area (Å²) < 4.78 is 36.4. The van der Waals surface area contributed by atoms with E-state index in [0.29, 0.717) is 19.4 Å². The van der Waals surface area contributed by atoms with E-state index in [-0.39, 0.29) is 5.91 Å². The van der Waals surface area contributed by atoms with Crippen LogP contribution in [0.3, 0.4) is 0 Å². The van der Waals surface area contributed by atoms with Gasteiger partial charge in [-0.1, -0.05) is 17.7 Å². The third-order valence-electron chi connectivity index (χ3n) is 3.76. The normalized spacial score (nSPS) is 18.9. The molecule has 1 aromatic carbocycles. The highest BCUT2D eigenvalue weighted by Gasteiger charge is 2.32. The Balaban J connectivity index is 1.97. The lowest BCUT2D eigenvalue weighted by Crippen LogP contribution is -2.52. The van der Waals surface area contributed by atoms with Gasteiger partial charge in [0, 0.05) is 18.7 Å². The number of anilines is 1. The third-order valence-corrected chi connectivity index (χ3v) is 3.76. The molecule has 2 amide bonds. The lowest BCUT2D eigenvalue weighted by molar-refractivity contribution is -0.144. The fourth-order valence-corrected chi connectivity index (χ4v) is 2.51.